The number of nitrogens with zero attached hydrogens (tertiary/aromatic N) is 2. The molecule has 10 heteroatoms. The molecular formula is C51H52B2F2N2O4. The van der Waals surface area contributed by atoms with Crippen LogP contribution >= 0.6 is 0 Å². The van der Waals surface area contributed by atoms with Crippen molar-refractivity contribution in [3.05, 3.63) is 156 Å². The Morgan fingerprint density at radius 1 is 0.361 bits per heavy atom. The molecule has 310 valence electrons. The topological polar surface area (TPSA) is 43.4 Å². The lowest BCUT2D eigenvalue weighted by Crippen LogP contribution is -2.41. The van der Waals surface area contributed by atoms with Crippen molar-refractivity contribution < 1.29 is 27.4 Å². The fourth-order valence-corrected chi connectivity index (χ4v) is 8.62. The molecule has 0 unspecified atom stereocenters. The van der Waals surface area contributed by atoms with Gasteiger partial charge >= 0.3 is 14.2 Å². The average molecular weight is 817 g/mol. The van der Waals surface area contributed by atoms with E-state index in [0.717, 1.165) is 56.2 Å². The van der Waals surface area contributed by atoms with Gasteiger partial charge in [-0.05, 0) is 186 Å². The van der Waals surface area contributed by atoms with Crippen LogP contribution in [0.15, 0.2) is 133 Å². The van der Waals surface area contributed by atoms with E-state index in [-0.39, 0.29) is 17.0 Å². The molecule has 0 atom stereocenters. The third-order valence-corrected chi connectivity index (χ3v) is 13.7. The minimum Gasteiger partial charge on any atom is -0.399 e. The van der Waals surface area contributed by atoms with E-state index < -0.39 is 36.6 Å². The molecule has 6 nitrogen and oxygen atoms in total. The fourth-order valence-electron chi connectivity index (χ4n) is 8.62. The first-order valence-corrected chi connectivity index (χ1v) is 21.1. The molecule has 6 aromatic carbocycles. The van der Waals surface area contributed by atoms with Gasteiger partial charge in [0.05, 0.1) is 22.4 Å². The highest BCUT2D eigenvalue weighted by atomic mass is 19.1. The number of fused-ring (bicyclic) bond motifs is 3. The number of rotatable bonds is 8. The van der Waals surface area contributed by atoms with E-state index in [2.05, 4.69) is 140 Å². The van der Waals surface area contributed by atoms with Gasteiger partial charge in [0.1, 0.15) is 11.6 Å². The van der Waals surface area contributed by atoms with Crippen molar-refractivity contribution in [1.29, 1.82) is 0 Å². The van der Waals surface area contributed by atoms with Crippen LogP contribution in [0.1, 0.15) is 80.4 Å². The van der Waals surface area contributed by atoms with Gasteiger partial charge in [0.15, 0.2) is 0 Å². The molecule has 1 aliphatic carbocycles. The Labute approximate surface area is 359 Å². The molecule has 0 spiro atoms. The van der Waals surface area contributed by atoms with Gasteiger partial charge < -0.3 is 28.4 Å². The highest BCUT2D eigenvalue weighted by Gasteiger charge is 2.53. The SMILES string of the molecule is CC1(C)c2ccc(N(c3ccc(F)cc3)c3ccc(B4OC(C)(C)C(C)(C)O4)cc3)cc2-c2cc(N(c3ccc(F)cc3)c3ccc(B4OC(C)(C)C(C)(C)O4)cc3)ccc21. The summed E-state index contributed by atoms with van der Waals surface area (Å²) in [6.07, 6.45) is 0. The Kier molecular flexibility index (Phi) is 9.72. The largest absolute Gasteiger partial charge is 0.494 e. The van der Waals surface area contributed by atoms with Crippen LogP contribution < -0.4 is 20.7 Å². The summed E-state index contributed by atoms with van der Waals surface area (Å²) >= 11 is 0. The van der Waals surface area contributed by atoms with Crippen LogP contribution in [0.4, 0.5) is 42.9 Å². The second-order valence-corrected chi connectivity index (χ2v) is 19.1. The molecule has 61 heavy (non-hydrogen) atoms. The number of hydrogen-bond donors (Lipinski definition) is 0. The van der Waals surface area contributed by atoms with Crippen LogP contribution in [0.5, 0.6) is 0 Å². The lowest BCUT2D eigenvalue weighted by Gasteiger charge is -2.32. The first-order chi connectivity index (χ1) is 28.7. The second kappa shape index (κ2) is 14.4. The number of hydrogen-bond acceptors (Lipinski definition) is 6. The Morgan fingerprint density at radius 3 is 0.918 bits per heavy atom. The Hall–Kier alpha value is -5.25. The quantitative estimate of drug-likeness (QED) is 0.143. The van der Waals surface area contributed by atoms with E-state index in [9.17, 15) is 8.78 Å². The van der Waals surface area contributed by atoms with E-state index in [1.54, 1.807) is 24.3 Å². The Bertz CT molecular complexity index is 2400. The zero-order valence-electron chi connectivity index (χ0n) is 36.6. The van der Waals surface area contributed by atoms with E-state index >= 15 is 0 Å². The van der Waals surface area contributed by atoms with Crippen LogP contribution in [0, 0.1) is 11.6 Å². The molecule has 2 heterocycles. The summed E-state index contributed by atoms with van der Waals surface area (Å²) in [5.41, 5.74) is 9.68. The number of benzene rings is 6. The maximum Gasteiger partial charge on any atom is 0.494 e. The molecule has 0 aromatic heterocycles. The van der Waals surface area contributed by atoms with E-state index in [0.29, 0.717) is 0 Å². The van der Waals surface area contributed by atoms with Crippen LogP contribution in [0.25, 0.3) is 11.1 Å². The van der Waals surface area contributed by atoms with Crippen molar-refractivity contribution in [3.8, 4) is 11.1 Å². The van der Waals surface area contributed by atoms with Crippen molar-refractivity contribution in [1.82, 2.24) is 0 Å². The standard InChI is InChI=1S/C51H52B2F2N2O4/c1-47(2)45-29-27-41(56(39-23-15-35(54)16-24-39)37-19-11-33(12-20-37)52-58-48(3,4)49(5,6)59-52)31-43(45)44-32-42(28-30-46(44)47)57(40-25-17-36(55)18-26-40)38-21-13-34(14-22-38)53-60-50(7,8)51(9,10)61-53/h11-32H,1-10H3. The molecular weight excluding hydrogens is 764 g/mol. The van der Waals surface area contributed by atoms with Gasteiger partial charge in [-0.25, -0.2) is 8.78 Å². The predicted octanol–water partition coefficient (Wildman–Crippen LogP) is 11.8. The zero-order chi connectivity index (χ0) is 43.3. The van der Waals surface area contributed by atoms with Gasteiger partial charge in [-0.15, -0.1) is 0 Å². The molecule has 9 rings (SSSR count). The minimum absolute atomic E-state index is 0.280. The molecule has 0 amide bonds. The monoisotopic (exact) mass is 816 g/mol. The molecule has 0 N–H and O–H groups in total. The first kappa shape index (κ1) is 41.1. The average Bonchev–Trinajstić information content (AvgIpc) is 3.69. The van der Waals surface area contributed by atoms with E-state index in [1.807, 2.05) is 24.3 Å². The lowest BCUT2D eigenvalue weighted by atomic mass is 9.79. The summed E-state index contributed by atoms with van der Waals surface area (Å²) in [5.74, 6) is -0.601. The molecule has 6 aromatic rings. The maximum atomic E-state index is 14.4. The van der Waals surface area contributed by atoms with Crippen LogP contribution in [-0.4, -0.2) is 36.6 Å². The Balaban J connectivity index is 1.11. The molecule has 0 radical (unpaired) electrons. The molecule has 2 saturated heterocycles. The summed E-state index contributed by atoms with van der Waals surface area (Å²) in [5, 5.41) is 0. The molecule has 0 bridgehead atoms. The predicted molar refractivity (Wildman–Crippen MR) is 245 cm³/mol. The highest BCUT2D eigenvalue weighted by Crippen LogP contribution is 2.52. The van der Waals surface area contributed by atoms with Gasteiger partial charge in [0, 0.05) is 39.5 Å². The van der Waals surface area contributed by atoms with Crippen LogP contribution in [0.2, 0.25) is 0 Å². The minimum atomic E-state index is -0.492. The van der Waals surface area contributed by atoms with Crippen molar-refractivity contribution in [2.75, 3.05) is 9.80 Å². The first-order valence-electron chi connectivity index (χ1n) is 21.1. The van der Waals surface area contributed by atoms with Crippen molar-refractivity contribution >= 4 is 59.3 Å². The summed E-state index contributed by atoms with van der Waals surface area (Å²) in [4.78, 5) is 4.30. The van der Waals surface area contributed by atoms with Gasteiger partial charge in [-0.3, -0.25) is 0 Å². The summed E-state index contributed by atoms with van der Waals surface area (Å²) in [6.45, 7) is 20.9. The van der Waals surface area contributed by atoms with Crippen molar-refractivity contribution in [3.63, 3.8) is 0 Å². The van der Waals surface area contributed by atoms with Crippen LogP contribution in [0.3, 0.4) is 0 Å². The maximum absolute atomic E-state index is 14.4. The van der Waals surface area contributed by atoms with Gasteiger partial charge in [0.2, 0.25) is 0 Å². The number of anilines is 6. The van der Waals surface area contributed by atoms with Gasteiger partial charge in [-0.1, -0.05) is 50.2 Å². The molecule has 0 saturated carbocycles. The van der Waals surface area contributed by atoms with Crippen LogP contribution in [-0.2, 0) is 24.0 Å². The van der Waals surface area contributed by atoms with Gasteiger partial charge in [0.25, 0.3) is 0 Å². The summed E-state index contributed by atoms with van der Waals surface area (Å²) in [7, 11) is -0.984. The summed E-state index contributed by atoms with van der Waals surface area (Å²) < 4.78 is 54.2. The fraction of sp³-hybridized carbons (Fsp3) is 0.294. The number of halogens is 2. The van der Waals surface area contributed by atoms with Crippen molar-refractivity contribution in [2.24, 2.45) is 0 Å². The molecule has 3 aliphatic rings. The Morgan fingerprint density at radius 2 is 0.623 bits per heavy atom. The van der Waals surface area contributed by atoms with Gasteiger partial charge in [-0.2, -0.15) is 0 Å². The van der Waals surface area contributed by atoms with Crippen molar-refractivity contribution in [2.45, 2.75) is 97.1 Å². The van der Waals surface area contributed by atoms with E-state index in [4.69, 9.17) is 18.6 Å². The van der Waals surface area contributed by atoms with E-state index in [1.165, 1.54) is 35.4 Å². The third-order valence-electron chi connectivity index (χ3n) is 13.7. The normalized spacial score (nSPS) is 18.8. The molecule has 2 fully saturated rings. The third kappa shape index (κ3) is 7.07. The lowest BCUT2D eigenvalue weighted by molar-refractivity contribution is 0.00578. The highest BCUT2D eigenvalue weighted by molar-refractivity contribution is 6.62. The summed E-state index contributed by atoms with van der Waals surface area (Å²) in [6, 6.07) is 42.8. The smallest absolute Gasteiger partial charge is 0.399 e. The zero-order valence-corrected chi connectivity index (χ0v) is 36.6. The molecule has 2 aliphatic heterocycles. The second-order valence-electron chi connectivity index (χ2n) is 19.1.